The lowest BCUT2D eigenvalue weighted by Gasteiger charge is -2.37. The van der Waals surface area contributed by atoms with E-state index in [9.17, 15) is 4.79 Å². The maximum absolute atomic E-state index is 11.8. The van der Waals surface area contributed by atoms with Crippen LogP contribution in [0.25, 0.3) is 0 Å². The number of hydrogen-bond donors (Lipinski definition) is 1. The third-order valence-electron chi connectivity index (χ3n) is 3.29. The molecule has 1 rings (SSSR count). The molecule has 0 aromatic rings. The molecule has 1 N–H and O–H groups in total. The number of esters is 1. The standard InChI is InChI=1S/C10H16I3NO2/c1-6-4-8(5-7(2)14(6)3)16-9(15)10(11,12)13/h6-8H,4-5H2,1-3H3/p+1. The van der Waals surface area contributed by atoms with Gasteiger partial charge in [-0.15, -0.1) is 0 Å². The number of quaternary nitrogens is 1. The summed E-state index contributed by atoms with van der Waals surface area (Å²) in [7, 11) is 2.21. The van der Waals surface area contributed by atoms with Crippen molar-refractivity contribution in [3.63, 3.8) is 0 Å². The van der Waals surface area contributed by atoms with E-state index in [1.165, 1.54) is 4.90 Å². The third kappa shape index (κ3) is 4.38. The van der Waals surface area contributed by atoms with Crippen molar-refractivity contribution in [2.45, 2.75) is 44.3 Å². The summed E-state index contributed by atoms with van der Waals surface area (Å²) in [6.45, 7) is 4.44. The van der Waals surface area contributed by atoms with Crippen molar-refractivity contribution in [2.24, 2.45) is 0 Å². The fraction of sp³-hybridized carbons (Fsp3) is 0.900. The zero-order valence-corrected chi connectivity index (χ0v) is 16.1. The van der Waals surface area contributed by atoms with E-state index in [1.54, 1.807) is 0 Å². The largest absolute Gasteiger partial charge is 0.460 e. The number of hydrogen-bond acceptors (Lipinski definition) is 2. The maximum Gasteiger partial charge on any atom is 0.342 e. The second-order valence-electron chi connectivity index (χ2n) is 4.54. The molecule has 94 valence electrons. The molecule has 1 fully saturated rings. The molecule has 1 aliphatic heterocycles. The lowest BCUT2D eigenvalue weighted by atomic mass is 9.95. The predicted octanol–water partition coefficient (Wildman–Crippen LogP) is 1.94. The summed E-state index contributed by atoms with van der Waals surface area (Å²) in [6, 6.07) is 1.13. The highest BCUT2D eigenvalue weighted by Crippen LogP contribution is 2.37. The van der Waals surface area contributed by atoms with Crippen LogP contribution in [0, 0.1) is 0 Å². The molecule has 2 atom stereocenters. The Labute approximate surface area is 138 Å². The Balaban J connectivity index is 2.54. The van der Waals surface area contributed by atoms with Crippen LogP contribution in [0.2, 0.25) is 0 Å². The topological polar surface area (TPSA) is 30.7 Å². The molecule has 16 heavy (non-hydrogen) atoms. The van der Waals surface area contributed by atoms with E-state index in [-0.39, 0.29) is 12.1 Å². The van der Waals surface area contributed by atoms with Gasteiger partial charge in [-0.25, -0.2) is 4.79 Å². The average molecular weight is 564 g/mol. The van der Waals surface area contributed by atoms with Gasteiger partial charge >= 0.3 is 5.97 Å². The predicted molar refractivity (Wildman–Crippen MR) is 89.7 cm³/mol. The van der Waals surface area contributed by atoms with E-state index in [0.717, 1.165) is 12.8 Å². The van der Waals surface area contributed by atoms with Gasteiger partial charge in [-0.3, -0.25) is 0 Å². The molecule has 0 saturated carbocycles. The minimum Gasteiger partial charge on any atom is -0.460 e. The summed E-state index contributed by atoms with van der Waals surface area (Å²) < 4.78 is 5.09. The molecule has 0 aliphatic carbocycles. The molecular formula is C10H17I3NO2+. The van der Waals surface area contributed by atoms with Crippen LogP contribution in [0.1, 0.15) is 26.7 Å². The SMILES string of the molecule is CC1CC(OC(=O)C(I)(I)I)CC(C)[NH+]1C. The van der Waals surface area contributed by atoms with Crippen LogP contribution < -0.4 is 4.90 Å². The summed E-state index contributed by atoms with van der Waals surface area (Å²) >= 11 is 6.32. The van der Waals surface area contributed by atoms with Crippen molar-refractivity contribution in [1.82, 2.24) is 0 Å². The zero-order valence-electron chi connectivity index (χ0n) is 9.60. The second kappa shape index (κ2) is 6.18. The smallest absolute Gasteiger partial charge is 0.342 e. The highest BCUT2D eigenvalue weighted by Gasteiger charge is 2.37. The monoisotopic (exact) mass is 564 g/mol. The van der Waals surface area contributed by atoms with Gasteiger partial charge in [-0.2, -0.15) is 0 Å². The molecule has 0 spiro atoms. The molecule has 0 amide bonds. The molecule has 0 bridgehead atoms. The van der Waals surface area contributed by atoms with Crippen molar-refractivity contribution >= 4 is 73.7 Å². The lowest BCUT2D eigenvalue weighted by Crippen LogP contribution is -3.17. The Kier molecular flexibility index (Phi) is 6.05. The highest BCUT2D eigenvalue weighted by molar-refractivity contribution is 14.3. The first-order valence-electron chi connectivity index (χ1n) is 5.33. The lowest BCUT2D eigenvalue weighted by molar-refractivity contribution is -0.933. The van der Waals surface area contributed by atoms with Gasteiger partial charge in [-0.05, 0) is 81.6 Å². The number of piperidine rings is 1. The number of carbonyl (C=O) groups is 1. The molecule has 2 unspecified atom stereocenters. The van der Waals surface area contributed by atoms with Crippen molar-refractivity contribution < 1.29 is 14.4 Å². The van der Waals surface area contributed by atoms with Gasteiger partial charge in [0, 0.05) is 12.8 Å². The van der Waals surface area contributed by atoms with E-state index < -0.39 is -0.565 Å². The Morgan fingerprint density at radius 2 is 1.69 bits per heavy atom. The number of ether oxygens (including phenoxy) is 1. The van der Waals surface area contributed by atoms with Gasteiger partial charge in [0.2, 0.25) is -0.565 Å². The quantitative estimate of drug-likeness (QED) is 0.316. The number of carbonyl (C=O) groups excluding carboxylic acids is 1. The molecule has 0 aromatic heterocycles. The fourth-order valence-corrected chi connectivity index (χ4v) is 2.44. The summed E-state index contributed by atoms with van der Waals surface area (Å²) in [5.41, 5.74) is 0. The molecule has 6 heteroatoms. The third-order valence-corrected chi connectivity index (χ3v) is 4.61. The van der Waals surface area contributed by atoms with Crippen LogP contribution in [0.15, 0.2) is 0 Å². The van der Waals surface area contributed by atoms with Crippen LogP contribution in [-0.4, -0.2) is 30.6 Å². The minimum atomic E-state index is -0.476. The first-order chi connectivity index (χ1) is 7.21. The molecule has 0 aromatic carbocycles. The molecule has 1 heterocycles. The summed E-state index contributed by atoms with van der Waals surface area (Å²) in [5, 5.41) is 0. The van der Waals surface area contributed by atoms with E-state index in [0.29, 0.717) is 12.1 Å². The number of alkyl halides is 3. The summed E-state index contributed by atoms with van der Waals surface area (Å²) in [4.78, 5) is 13.3. The van der Waals surface area contributed by atoms with Gasteiger partial charge in [0.25, 0.3) is 0 Å². The zero-order chi connectivity index (χ0) is 12.5. The molecular weight excluding hydrogens is 547 g/mol. The van der Waals surface area contributed by atoms with Gasteiger partial charge in [0.1, 0.15) is 6.10 Å². The van der Waals surface area contributed by atoms with Crippen LogP contribution in [0.3, 0.4) is 0 Å². The number of rotatable bonds is 2. The summed E-state index contributed by atoms with van der Waals surface area (Å²) in [5.74, 6) is -0.113. The highest BCUT2D eigenvalue weighted by atomic mass is 127. The second-order valence-corrected chi connectivity index (χ2v) is 15.6. The molecule has 0 radical (unpaired) electrons. The maximum atomic E-state index is 11.8. The van der Waals surface area contributed by atoms with Crippen molar-refractivity contribution in [3.8, 4) is 0 Å². The van der Waals surface area contributed by atoms with E-state index in [2.05, 4.69) is 88.7 Å². The van der Waals surface area contributed by atoms with Gasteiger partial charge in [0.05, 0.1) is 19.1 Å². The number of nitrogens with one attached hydrogen (secondary N) is 1. The molecule has 1 saturated heterocycles. The first-order valence-corrected chi connectivity index (χ1v) is 8.56. The van der Waals surface area contributed by atoms with E-state index in [4.69, 9.17) is 4.74 Å². The van der Waals surface area contributed by atoms with Crippen LogP contribution in [0.5, 0.6) is 0 Å². The Bertz CT molecular complexity index is 255. The van der Waals surface area contributed by atoms with Crippen molar-refractivity contribution in [1.29, 1.82) is 0 Å². The number of likely N-dealkylation sites (tertiary alicyclic amines) is 1. The summed E-state index contributed by atoms with van der Waals surface area (Å²) in [6.07, 6.45) is 2.05. The fourth-order valence-electron chi connectivity index (χ4n) is 2.06. The van der Waals surface area contributed by atoms with Crippen LogP contribution in [0.4, 0.5) is 0 Å². The van der Waals surface area contributed by atoms with Gasteiger partial charge < -0.3 is 9.64 Å². The molecule has 3 nitrogen and oxygen atoms in total. The normalized spacial score (nSPS) is 35.9. The van der Waals surface area contributed by atoms with E-state index in [1.807, 2.05) is 0 Å². The first kappa shape index (κ1) is 15.7. The van der Waals surface area contributed by atoms with Gasteiger partial charge in [-0.1, -0.05) is 0 Å². The average Bonchev–Trinajstić information content (AvgIpc) is 2.12. The Morgan fingerprint density at radius 1 is 1.25 bits per heavy atom. The Morgan fingerprint density at radius 3 is 2.06 bits per heavy atom. The van der Waals surface area contributed by atoms with Crippen molar-refractivity contribution in [2.75, 3.05) is 7.05 Å². The van der Waals surface area contributed by atoms with Crippen molar-refractivity contribution in [3.05, 3.63) is 0 Å². The minimum absolute atomic E-state index is 0.0971. The van der Waals surface area contributed by atoms with Gasteiger partial charge in [0.15, 0.2) is 0 Å². The molecule has 1 aliphatic rings. The van der Waals surface area contributed by atoms with E-state index >= 15 is 0 Å². The Hall–Kier alpha value is 1.62. The van der Waals surface area contributed by atoms with Crippen LogP contribution in [-0.2, 0) is 9.53 Å². The van der Waals surface area contributed by atoms with Crippen LogP contribution >= 0.6 is 67.8 Å². The number of halogens is 3.